The topological polar surface area (TPSA) is 84.0 Å². The Morgan fingerprint density at radius 1 is 1.06 bits per heavy atom. The molecular formula is C23H39IN4O3. The van der Waals surface area contributed by atoms with Crippen LogP contribution >= 0.6 is 24.0 Å². The Bertz CT molecular complexity index is 679. The number of carbonyl (C=O) groups is 1. The molecule has 176 valence electrons. The van der Waals surface area contributed by atoms with Gasteiger partial charge in [-0.25, -0.2) is 0 Å². The van der Waals surface area contributed by atoms with Crippen LogP contribution in [0.1, 0.15) is 58.4 Å². The molecule has 0 heterocycles. The zero-order valence-corrected chi connectivity index (χ0v) is 21.5. The van der Waals surface area contributed by atoms with E-state index in [0.717, 1.165) is 49.8 Å². The molecule has 0 unspecified atom stereocenters. The molecule has 0 spiro atoms. The fraction of sp³-hybridized carbons (Fsp3) is 0.652. The van der Waals surface area contributed by atoms with Gasteiger partial charge in [-0.1, -0.05) is 18.9 Å². The second-order valence-electron chi connectivity index (χ2n) is 7.38. The van der Waals surface area contributed by atoms with Gasteiger partial charge in [0.05, 0.1) is 19.8 Å². The number of amides is 1. The number of ether oxygens (including phenoxy) is 2. The van der Waals surface area contributed by atoms with Gasteiger partial charge in [0.25, 0.3) is 0 Å². The van der Waals surface area contributed by atoms with Crippen molar-refractivity contribution in [1.29, 1.82) is 0 Å². The molecule has 1 aliphatic carbocycles. The van der Waals surface area contributed by atoms with E-state index in [1.807, 2.05) is 32.9 Å². The molecule has 0 saturated heterocycles. The van der Waals surface area contributed by atoms with Gasteiger partial charge in [0.1, 0.15) is 0 Å². The van der Waals surface area contributed by atoms with Crippen LogP contribution in [0.15, 0.2) is 23.2 Å². The summed E-state index contributed by atoms with van der Waals surface area (Å²) in [5.41, 5.74) is 1.17. The van der Waals surface area contributed by atoms with Crippen molar-refractivity contribution in [1.82, 2.24) is 16.0 Å². The Morgan fingerprint density at radius 3 is 2.45 bits per heavy atom. The number of nitrogens with one attached hydrogen (secondary N) is 3. The first-order chi connectivity index (χ1) is 14.7. The fourth-order valence-electron chi connectivity index (χ4n) is 3.56. The predicted molar refractivity (Wildman–Crippen MR) is 137 cm³/mol. The minimum Gasteiger partial charge on any atom is -0.490 e. The van der Waals surface area contributed by atoms with Crippen molar-refractivity contribution in [2.24, 2.45) is 4.99 Å². The highest BCUT2D eigenvalue weighted by molar-refractivity contribution is 14.0. The second kappa shape index (κ2) is 16.0. The van der Waals surface area contributed by atoms with Gasteiger partial charge in [-0.15, -0.1) is 24.0 Å². The lowest BCUT2D eigenvalue weighted by atomic mass is 10.1. The molecule has 1 amide bonds. The van der Waals surface area contributed by atoms with Gasteiger partial charge in [0, 0.05) is 25.6 Å². The average Bonchev–Trinajstić information content (AvgIpc) is 3.23. The monoisotopic (exact) mass is 546 g/mol. The number of halogens is 1. The van der Waals surface area contributed by atoms with Crippen LogP contribution in [0.3, 0.4) is 0 Å². The first-order valence-corrected chi connectivity index (χ1v) is 11.4. The van der Waals surface area contributed by atoms with Crippen molar-refractivity contribution in [3.8, 4) is 11.5 Å². The minimum atomic E-state index is 0. The largest absolute Gasteiger partial charge is 0.490 e. The molecule has 2 rings (SSSR count). The SMILES string of the molecule is CCNC(=NCCC(=O)NC1CCCC1)NCCc1ccc(OCC)c(OCC)c1.I. The van der Waals surface area contributed by atoms with Crippen molar-refractivity contribution in [2.45, 2.75) is 65.3 Å². The minimum absolute atomic E-state index is 0. The van der Waals surface area contributed by atoms with Crippen LogP contribution < -0.4 is 25.4 Å². The second-order valence-corrected chi connectivity index (χ2v) is 7.38. The summed E-state index contributed by atoms with van der Waals surface area (Å²) in [6.45, 7) is 9.17. The van der Waals surface area contributed by atoms with E-state index < -0.39 is 0 Å². The van der Waals surface area contributed by atoms with Gasteiger partial charge in [0.2, 0.25) is 5.91 Å². The third kappa shape index (κ3) is 10.4. The molecule has 1 aliphatic rings. The lowest BCUT2D eigenvalue weighted by Crippen LogP contribution is -2.38. The molecule has 1 aromatic rings. The summed E-state index contributed by atoms with van der Waals surface area (Å²) in [5, 5.41) is 9.69. The van der Waals surface area contributed by atoms with Gasteiger partial charge in [-0.05, 0) is 57.7 Å². The normalized spacial score (nSPS) is 14.0. The quantitative estimate of drug-likeness (QED) is 0.212. The summed E-state index contributed by atoms with van der Waals surface area (Å²) >= 11 is 0. The summed E-state index contributed by atoms with van der Waals surface area (Å²) in [5.74, 6) is 2.40. The van der Waals surface area contributed by atoms with E-state index in [2.05, 4.69) is 27.0 Å². The Morgan fingerprint density at radius 2 is 1.77 bits per heavy atom. The number of nitrogens with zero attached hydrogens (tertiary/aromatic N) is 1. The Kier molecular flexibility index (Phi) is 14.1. The van der Waals surface area contributed by atoms with E-state index in [4.69, 9.17) is 9.47 Å². The zero-order valence-electron chi connectivity index (χ0n) is 19.2. The summed E-state index contributed by atoms with van der Waals surface area (Å²) < 4.78 is 11.3. The van der Waals surface area contributed by atoms with Gasteiger partial charge < -0.3 is 25.4 Å². The van der Waals surface area contributed by atoms with Crippen LogP contribution in [0.25, 0.3) is 0 Å². The maximum absolute atomic E-state index is 12.1. The Hall–Kier alpha value is -1.71. The molecule has 0 radical (unpaired) electrons. The standard InChI is InChI=1S/C23H38N4O3.HI/c1-4-24-23(26-16-14-22(28)27-19-9-7-8-10-19)25-15-13-18-11-12-20(29-5-2)21(17-18)30-6-3;/h11-12,17,19H,4-10,13-16H2,1-3H3,(H,27,28)(H2,24,25,26);1H. The van der Waals surface area contributed by atoms with Crippen LogP contribution in [-0.2, 0) is 11.2 Å². The van der Waals surface area contributed by atoms with Crippen LogP contribution in [0.2, 0.25) is 0 Å². The summed E-state index contributed by atoms with van der Waals surface area (Å²) in [4.78, 5) is 16.6. The number of rotatable bonds is 12. The van der Waals surface area contributed by atoms with Gasteiger partial charge in [-0.2, -0.15) is 0 Å². The number of hydrogen-bond donors (Lipinski definition) is 3. The van der Waals surface area contributed by atoms with Crippen molar-refractivity contribution in [3.63, 3.8) is 0 Å². The molecule has 0 aliphatic heterocycles. The molecular weight excluding hydrogens is 507 g/mol. The van der Waals surface area contributed by atoms with Gasteiger partial charge in [-0.3, -0.25) is 9.79 Å². The van der Waals surface area contributed by atoms with Crippen LogP contribution in [0, 0.1) is 0 Å². The highest BCUT2D eigenvalue weighted by atomic mass is 127. The smallest absolute Gasteiger partial charge is 0.222 e. The van der Waals surface area contributed by atoms with E-state index in [-0.39, 0.29) is 29.9 Å². The molecule has 7 nitrogen and oxygen atoms in total. The van der Waals surface area contributed by atoms with Crippen molar-refractivity contribution in [2.75, 3.05) is 32.8 Å². The summed E-state index contributed by atoms with van der Waals surface area (Å²) in [6, 6.07) is 6.43. The van der Waals surface area contributed by atoms with E-state index >= 15 is 0 Å². The molecule has 31 heavy (non-hydrogen) atoms. The van der Waals surface area contributed by atoms with Gasteiger partial charge in [0.15, 0.2) is 17.5 Å². The number of carbonyl (C=O) groups excluding carboxylic acids is 1. The summed E-state index contributed by atoms with van der Waals surface area (Å²) in [7, 11) is 0. The molecule has 0 atom stereocenters. The van der Waals surface area contributed by atoms with Crippen LogP contribution in [-0.4, -0.2) is 50.8 Å². The molecule has 1 saturated carbocycles. The molecule has 8 heteroatoms. The predicted octanol–water partition coefficient (Wildman–Crippen LogP) is 3.65. The number of guanidine groups is 1. The third-order valence-electron chi connectivity index (χ3n) is 4.99. The molecule has 0 bridgehead atoms. The van der Waals surface area contributed by atoms with E-state index in [0.29, 0.717) is 32.2 Å². The Balaban J connectivity index is 0.00000480. The maximum atomic E-state index is 12.1. The highest BCUT2D eigenvalue weighted by Crippen LogP contribution is 2.28. The van der Waals surface area contributed by atoms with E-state index in [1.54, 1.807) is 0 Å². The molecule has 1 fully saturated rings. The molecule has 3 N–H and O–H groups in total. The van der Waals surface area contributed by atoms with E-state index in [1.165, 1.54) is 18.4 Å². The number of hydrogen-bond acceptors (Lipinski definition) is 4. The lowest BCUT2D eigenvalue weighted by molar-refractivity contribution is -0.121. The maximum Gasteiger partial charge on any atom is 0.222 e. The fourth-order valence-corrected chi connectivity index (χ4v) is 3.56. The zero-order chi connectivity index (χ0) is 21.6. The molecule has 1 aromatic carbocycles. The van der Waals surface area contributed by atoms with Crippen molar-refractivity contribution in [3.05, 3.63) is 23.8 Å². The average molecular weight is 546 g/mol. The van der Waals surface area contributed by atoms with Crippen molar-refractivity contribution >= 4 is 35.8 Å². The van der Waals surface area contributed by atoms with Crippen LogP contribution in [0.4, 0.5) is 0 Å². The van der Waals surface area contributed by atoms with Gasteiger partial charge >= 0.3 is 0 Å². The lowest BCUT2D eigenvalue weighted by Gasteiger charge is -2.14. The first-order valence-electron chi connectivity index (χ1n) is 11.4. The first kappa shape index (κ1) is 27.3. The van der Waals surface area contributed by atoms with E-state index in [9.17, 15) is 4.79 Å². The molecule has 0 aromatic heterocycles. The Labute approximate surface area is 204 Å². The third-order valence-corrected chi connectivity index (χ3v) is 4.99. The number of benzene rings is 1. The summed E-state index contributed by atoms with van der Waals surface area (Å²) in [6.07, 6.45) is 5.91. The van der Waals surface area contributed by atoms with Crippen molar-refractivity contribution < 1.29 is 14.3 Å². The van der Waals surface area contributed by atoms with Crippen LogP contribution in [0.5, 0.6) is 11.5 Å². The highest BCUT2D eigenvalue weighted by Gasteiger charge is 2.16. The number of aliphatic imine (C=N–C) groups is 1.